The third-order valence-corrected chi connectivity index (χ3v) is 4.21. The van der Waals surface area contributed by atoms with Crippen LogP contribution in [0.25, 0.3) is 0 Å². The molecular formula is C19H19NO5. The van der Waals surface area contributed by atoms with Crippen molar-refractivity contribution in [2.75, 3.05) is 13.7 Å². The first-order valence-electron chi connectivity index (χ1n) is 7.96. The average molecular weight is 341 g/mol. The predicted octanol–water partition coefficient (Wildman–Crippen LogP) is 2.25. The molecule has 1 aliphatic heterocycles. The average Bonchev–Trinajstić information content (AvgIpc) is 2.65. The molecule has 0 aliphatic carbocycles. The number of aliphatic carboxylic acids is 1. The van der Waals surface area contributed by atoms with Crippen molar-refractivity contribution in [1.82, 2.24) is 5.32 Å². The number of carbonyl (C=O) groups excluding carboxylic acids is 1. The van der Waals surface area contributed by atoms with Crippen molar-refractivity contribution in [3.63, 3.8) is 0 Å². The Kier molecular flexibility index (Phi) is 5.00. The molecule has 0 radical (unpaired) electrons. The highest BCUT2D eigenvalue weighted by Crippen LogP contribution is 2.28. The lowest BCUT2D eigenvalue weighted by molar-refractivity contribution is -0.145. The Bertz CT molecular complexity index is 772. The van der Waals surface area contributed by atoms with Crippen LogP contribution in [0, 0.1) is 0 Å². The van der Waals surface area contributed by atoms with Crippen LogP contribution in [0.3, 0.4) is 0 Å². The third kappa shape index (κ3) is 3.64. The first kappa shape index (κ1) is 17.0. The number of methoxy groups -OCH3 is 1. The van der Waals surface area contributed by atoms with Crippen molar-refractivity contribution in [3.05, 3.63) is 65.2 Å². The second-order valence-corrected chi connectivity index (χ2v) is 5.75. The van der Waals surface area contributed by atoms with Crippen molar-refractivity contribution in [1.29, 1.82) is 0 Å². The van der Waals surface area contributed by atoms with E-state index in [4.69, 9.17) is 9.47 Å². The van der Waals surface area contributed by atoms with Gasteiger partial charge >= 0.3 is 5.97 Å². The van der Waals surface area contributed by atoms with Crippen molar-refractivity contribution < 1.29 is 24.2 Å². The number of benzene rings is 2. The number of rotatable bonds is 5. The SMILES string of the molecule is COc1ccc([C@H](NC(=O)[C@H]2OCCc3ccccc32)C(=O)O)cc1. The van der Waals surface area contributed by atoms with E-state index in [9.17, 15) is 14.7 Å². The van der Waals surface area contributed by atoms with Crippen molar-refractivity contribution in [2.45, 2.75) is 18.6 Å². The van der Waals surface area contributed by atoms with Crippen molar-refractivity contribution >= 4 is 11.9 Å². The lowest BCUT2D eigenvalue weighted by atomic mass is 9.96. The van der Waals surface area contributed by atoms with E-state index >= 15 is 0 Å². The minimum atomic E-state index is -1.16. The van der Waals surface area contributed by atoms with Crippen LogP contribution in [0.5, 0.6) is 5.75 Å². The first-order chi connectivity index (χ1) is 12.1. The molecule has 2 N–H and O–H groups in total. The van der Waals surface area contributed by atoms with Crippen LogP contribution in [0.15, 0.2) is 48.5 Å². The number of carboxylic acid groups (broad SMARTS) is 1. The molecule has 2 atom stereocenters. The summed E-state index contributed by atoms with van der Waals surface area (Å²) in [6.45, 7) is 0.426. The zero-order chi connectivity index (χ0) is 17.8. The maximum Gasteiger partial charge on any atom is 0.330 e. The van der Waals surface area contributed by atoms with Gasteiger partial charge < -0.3 is 19.9 Å². The van der Waals surface area contributed by atoms with Crippen LogP contribution in [0.4, 0.5) is 0 Å². The molecule has 1 amide bonds. The lowest BCUT2D eigenvalue weighted by Gasteiger charge is -2.26. The Labute approximate surface area is 145 Å². The molecule has 1 aliphatic rings. The van der Waals surface area contributed by atoms with Crippen LogP contribution in [0.2, 0.25) is 0 Å². The quantitative estimate of drug-likeness (QED) is 0.871. The van der Waals surface area contributed by atoms with E-state index in [-0.39, 0.29) is 0 Å². The van der Waals surface area contributed by atoms with E-state index < -0.39 is 24.0 Å². The van der Waals surface area contributed by atoms with Gasteiger partial charge in [0.2, 0.25) is 0 Å². The number of ether oxygens (including phenoxy) is 2. The van der Waals surface area contributed by atoms with E-state index in [1.165, 1.54) is 7.11 Å². The van der Waals surface area contributed by atoms with Gasteiger partial charge in [0.25, 0.3) is 5.91 Å². The number of carboxylic acids is 1. The summed E-state index contributed by atoms with van der Waals surface area (Å²) < 4.78 is 10.7. The molecule has 0 fully saturated rings. The second-order valence-electron chi connectivity index (χ2n) is 5.75. The van der Waals surface area contributed by atoms with E-state index in [0.717, 1.165) is 17.5 Å². The van der Waals surface area contributed by atoms with Gasteiger partial charge in [0.1, 0.15) is 5.75 Å². The van der Waals surface area contributed by atoms with Gasteiger partial charge in [-0.1, -0.05) is 36.4 Å². The largest absolute Gasteiger partial charge is 0.497 e. The number of nitrogens with one attached hydrogen (secondary N) is 1. The van der Waals surface area contributed by atoms with E-state index in [2.05, 4.69) is 5.32 Å². The molecule has 2 aromatic carbocycles. The summed E-state index contributed by atoms with van der Waals surface area (Å²) in [6, 6.07) is 12.9. The Morgan fingerprint density at radius 3 is 2.60 bits per heavy atom. The van der Waals surface area contributed by atoms with Crippen LogP contribution in [-0.2, 0) is 20.7 Å². The minimum Gasteiger partial charge on any atom is -0.497 e. The van der Waals surface area contributed by atoms with Crippen LogP contribution < -0.4 is 10.1 Å². The van der Waals surface area contributed by atoms with E-state index in [1.807, 2.05) is 24.3 Å². The van der Waals surface area contributed by atoms with E-state index in [1.54, 1.807) is 24.3 Å². The number of hydrogen-bond acceptors (Lipinski definition) is 4. The van der Waals surface area contributed by atoms with Crippen molar-refractivity contribution in [2.24, 2.45) is 0 Å². The van der Waals surface area contributed by atoms with Crippen LogP contribution in [0.1, 0.15) is 28.8 Å². The fourth-order valence-corrected chi connectivity index (χ4v) is 2.91. The summed E-state index contributed by atoms with van der Waals surface area (Å²) in [5.74, 6) is -0.985. The molecule has 25 heavy (non-hydrogen) atoms. The molecule has 1 heterocycles. The van der Waals surface area contributed by atoms with Gasteiger partial charge in [-0.25, -0.2) is 4.79 Å². The number of carbonyl (C=O) groups is 2. The summed E-state index contributed by atoms with van der Waals surface area (Å²) in [7, 11) is 1.53. The molecule has 0 saturated heterocycles. The Morgan fingerprint density at radius 1 is 1.20 bits per heavy atom. The zero-order valence-electron chi connectivity index (χ0n) is 13.8. The van der Waals surface area contributed by atoms with Gasteiger partial charge in [-0.3, -0.25) is 4.79 Å². The molecule has 3 rings (SSSR count). The standard InChI is InChI=1S/C19H19NO5/c1-24-14-8-6-13(7-9-14)16(19(22)23)20-18(21)17-15-5-3-2-4-12(15)10-11-25-17/h2-9,16-17H,10-11H2,1H3,(H,20,21)(H,22,23)/t16-,17-/m0/s1. The number of amides is 1. The Hall–Kier alpha value is -2.86. The number of fused-ring (bicyclic) bond motifs is 1. The van der Waals surface area contributed by atoms with Gasteiger partial charge in [-0.05, 0) is 35.2 Å². The summed E-state index contributed by atoms with van der Waals surface area (Å²) in [4.78, 5) is 24.3. The highest BCUT2D eigenvalue weighted by atomic mass is 16.5. The smallest absolute Gasteiger partial charge is 0.330 e. The van der Waals surface area contributed by atoms with Gasteiger partial charge in [-0.15, -0.1) is 0 Å². The maximum absolute atomic E-state index is 12.6. The molecule has 6 heteroatoms. The zero-order valence-corrected chi connectivity index (χ0v) is 13.8. The van der Waals surface area contributed by atoms with Gasteiger partial charge in [0.05, 0.1) is 13.7 Å². The van der Waals surface area contributed by atoms with E-state index in [0.29, 0.717) is 17.9 Å². The molecule has 6 nitrogen and oxygen atoms in total. The van der Waals surface area contributed by atoms with Gasteiger partial charge in [-0.2, -0.15) is 0 Å². The predicted molar refractivity (Wildman–Crippen MR) is 90.4 cm³/mol. The summed E-state index contributed by atoms with van der Waals surface area (Å²) >= 11 is 0. The summed E-state index contributed by atoms with van der Waals surface area (Å²) in [6.07, 6.45) is -0.0640. The molecule has 0 spiro atoms. The summed E-state index contributed by atoms with van der Waals surface area (Å²) in [5.41, 5.74) is 2.29. The van der Waals surface area contributed by atoms with Crippen LogP contribution >= 0.6 is 0 Å². The highest BCUT2D eigenvalue weighted by molar-refractivity contribution is 5.88. The molecule has 2 aromatic rings. The molecule has 0 bridgehead atoms. The normalized spacial score (nSPS) is 17.2. The Morgan fingerprint density at radius 2 is 1.92 bits per heavy atom. The van der Waals surface area contributed by atoms with Crippen LogP contribution in [-0.4, -0.2) is 30.7 Å². The molecular weight excluding hydrogens is 322 g/mol. The molecule has 0 unspecified atom stereocenters. The monoisotopic (exact) mass is 341 g/mol. The maximum atomic E-state index is 12.6. The fourth-order valence-electron chi connectivity index (χ4n) is 2.91. The molecule has 0 aromatic heterocycles. The van der Waals surface area contributed by atoms with Crippen molar-refractivity contribution in [3.8, 4) is 5.75 Å². The third-order valence-electron chi connectivity index (χ3n) is 4.21. The van der Waals surface area contributed by atoms with Gasteiger partial charge in [0.15, 0.2) is 12.1 Å². The van der Waals surface area contributed by atoms with Gasteiger partial charge in [0, 0.05) is 0 Å². The molecule has 0 saturated carbocycles. The summed E-state index contributed by atoms with van der Waals surface area (Å²) in [5, 5.41) is 12.1. The lowest BCUT2D eigenvalue weighted by Crippen LogP contribution is -2.39. The highest BCUT2D eigenvalue weighted by Gasteiger charge is 2.31. The fraction of sp³-hybridized carbons (Fsp3) is 0.263. The minimum absolute atomic E-state index is 0.426. The first-order valence-corrected chi connectivity index (χ1v) is 7.96. The Balaban J connectivity index is 1.81. The number of hydrogen-bond donors (Lipinski definition) is 2. The topological polar surface area (TPSA) is 84.9 Å². The second kappa shape index (κ2) is 7.36. The molecule has 130 valence electrons.